The summed E-state index contributed by atoms with van der Waals surface area (Å²) in [5.41, 5.74) is 2.60. The third-order valence-corrected chi connectivity index (χ3v) is 8.62. The van der Waals surface area contributed by atoms with Crippen molar-refractivity contribution in [3.05, 3.63) is 64.2 Å². The lowest BCUT2D eigenvalue weighted by atomic mass is 9.84. The smallest absolute Gasteiger partial charge is 0.255 e. The van der Waals surface area contributed by atoms with E-state index < -0.39 is 11.9 Å². The minimum atomic E-state index is -0.658. The number of rotatable bonds is 5. The van der Waals surface area contributed by atoms with Crippen LogP contribution in [0, 0.1) is 0 Å². The van der Waals surface area contributed by atoms with Gasteiger partial charge >= 0.3 is 0 Å². The summed E-state index contributed by atoms with van der Waals surface area (Å²) in [7, 11) is 0. The van der Waals surface area contributed by atoms with Crippen molar-refractivity contribution in [1.82, 2.24) is 15.1 Å². The van der Waals surface area contributed by atoms with Gasteiger partial charge in [-0.2, -0.15) is 0 Å². The van der Waals surface area contributed by atoms with Crippen LogP contribution in [0.3, 0.4) is 0 Å². The molecule has 0 radical (unpaired) electrons. The van der Waals surface area contributed by atoms with Crippen molar-refractivity contribution >= 4 is 29.3 Å². The highest BCUT2D eigenvalue weighted by Crippen LogP contribution is 2.40. The van der Waals surface area contributed by atoms with Crippen LogP contribution < -0.4 is 10.1 Å². The van der Waals surface area contributed by atoms with Crippen molar-refractivity contribution in [2.24, 2.45) is 0 Å². The molecule has 4 aliphatic rings. The number of ether oxygens (including phenoxy) is 1. The van der Waals surface area contributed by atoms with Gasteiger partial charge in [0.25, 0.3) is 5.91 Å². The fraction of sp³-hybridized carbons (Fsp3) is 0.464. The second kappa shape index (κ2) is 9.52. The zero-order chi connectivity index (χ0) is 24.8. The molecule has 3 amide bonds. The van der Waals surface area contributed by atoms with E-state index in [9.17, 15) is 14.4 Å². The zero-order valence-electron chi connectivity index (χ0n) is 20.1. The first-order valence-electron chi connectivity index (χ1n) is 12.9. The van der Waals surface area contributed by atoms with Gasteiger partial charge < -0.3 is 9.64 Å². The predicted molar refractivity (Wildman–Crippen MR) is 135 cm³/mol. The van der Waals surface area contributed by atoms with E-state index in [1.54, 1.807) is 12.1 Å². The number of nitrogens with zero attached hydrogens (tertiary/aromatic N) is 2. The average molecular weight is 508 g/mol. The molecular formula is C28H30ClN3O4. The predicted octanol–water partition coefficient (Wildman–Crippen LogP) is 3.89. The average Bonchev–Trinajstić information content (AvgIpc) is 3.18. The van der Waals surface area contributed by atoms with E-state index in [0.717, 1.165) is 32.4 Å². The van der Waals surface area contributed by atoms with Crippen LogP contribution in [0.2, 0.25) is 5.02 Å². The van der Waals surface area contributed by atoms with E-state index in [0.29, 0.717) is 40.3 Å². The van der Waals surface area contributed by atoms with Gasteiger partial charge in [-0.25, -0.2) is 0 Å². The number of amides is 3. The van der Waals surface area contributed by atoms with E-state index >= 15 is 0 Å². The molecule has 1 aliphatic carbocycles. The van der Waals surface area contributed by atoms with Crippen molar-refractivity contribution in [3.8, 4) is 5.75 Å². The van der Waals surface area contributed by atoms with Gasteiger partial charge in [0.2, 0.25) is 11.8 Å². The summed E-state index contributed by atoms with van der Waals surface area (Å²) >= 11 is 6.81. The van der Waals surface area contributed by atoms with Gasteiger partial charge in [0, 0.05) is 49.1 Å². The van der Waals surface area contributed by atoms with Crippen LogP contribution in [0.4, 0.5) is 0 Å². The lowest BCUT2D eigenvalue weighted by molar-refractivity contribution is -0.136. The maximum absolute atomic E-state index is 13.1. The first kappa shape index (κ1) is 23.5. The fourth-order valence-electron chi connectivity index (χ4n) is 6.19. The standard InChI is InChI=1S/C28H30ClN3O4/c29-26-20-16-32(22-11-13-25(33)30-27(22)34)28(35)19(20)10-12-24(26)36-23-9-5-4-8-21(23)31-14-18(15-31)17-6-2-1-3-7-17/h1-3,6-7,10,12,18,21-23H,4-5,8-9,11,13-16H2,(H,30,33,34)/t21-,22+,23-/m0/s1. The molecule has 0 spiro atoms. The van der Waals surface area contributed by atoms with Gasteiger partial charge in [0.05, 0.1) is 5.02 Å². The molecular weight excluding hydrogens is 478 g/mol. The van der Waals surface area contributed by atoms with Crippen molar-refractivity contribution in [3.63, 3.8) is 0 Å². The zero-order valence-corrected chi connectivity index (χ0v) is 20.9. The Hall–Kier alpha value is -2.90. The molecule has 3 aliphatic heterocycles. The normalized spacial score (nSPS) is 27.0. The fourth-order valence-corrected chi connectivity index (χ4v) is 6.46. The van der Waals surface area contributed by atoms with Crippen LogP contribution in [0.1, 0.15) is 65.9 Å². The van der Waals surface area contributed by atoms with Crippen LogP contribution in [-0.4, -0.2) is 58.8 Å². The largest absolute Gasteiger partial charge is 0.487 e. The maximum Gasteiger partial charge on any atom is 0.255 e. The number of likely N-dealkylation sites (tertiary alicyclic amines) is 1. The van der Waals surface area contributed by atoms with Gasteiger partial charge in [0.1, 0.15) is 17.9 Å². The monoisotopic (exact) mass is 507 g/mol. The molecule has 1 saturated carbocycles. The summed E-state index contributed by atoms with van der Waals surface area (Å²) in [5, 5.41) is 2.79. The molecule has 8 heteroatoms. The number of halogens is 1. The number of hydrogen-bond acceptors (Lipinski definition) is 5. The highest BCUT2D eigenvalue weighted by atomic mass is 35.5. The first-order valence-corrected chi connectivity index (χ1v) is 13.3. The molecule has 3 atom stereocenters. The SMILES string of the molecule is O=C1CC[C@@H](N2Cc3c(ccc(O[C@H]4CCCC[C@@H]4N4CC(c5ccccc5)C4)c3Cl)C2=O)C(=O)N1. The highest BCUT2D eigenvalue weighted by Gasteiger charge is 2.42. The summed E-state index contributed by atoms with van der Waals surface area (Å²) in [6.07, 6.45) is 5.02. The number of carbonyl (C=O) groups is 3. The molecule has 2 aromatic carbocycles. The summed E-state index contributed by atoms with van der Waals surface area (Å²) in [4.78, 5) is 41.0. The molecule has 188 valence electrons. The van der Waals surface area contributed by atoms with Crippen molar-refractivity contribution < 1.29 is 19.1 Å². The number of piperidine rings is 1. The Labute approximate surface area is 215 Å². The Balaban J connectivity index is 1.16. The van der Waals surface area contributed by atoms with E-state index in [4.69, 9.17) is 16.3 Å². The summed E-state index contributed by atoms with van der Waals surface area (Å²) in [6.45, 7) is 2.33. The Morgan fingerprint density at radius 2 is 1.72 bits per heavy atom. The highest BCUT2D eigenvalue weighted by molar-refractivity contribution is 6.33. The van der Waals surface area contributed by atoms with Crippen molar-refractivity contribution in [2.45, 2.75) is 69.2 Å². The molecule has 1 N–H and O–H groups in total. The minimum absolute atomic E-state index is 0.0503. The minimum Gasteiger partial charge on any atom is -0.487 e. The second-order valence-electron chi connectivity index (χ2n) is 10.4. The Kier molecular flexibility index (Phi) is 6.21. The molecule has 0 unspecified atom stereocenters. The van der Waals surface area contributed by atoms with Crippen LogP contribution in [0.15, 0.2) is 42.5 Å². The van der Waals surface area contributed by atoms with E-state index in [-0.39, 0.29) is 30.9 Å². The Morgan fingerprint density at radius 1 is 0.944 bits per heavy atom. The Morgan fingerprint density at radius 3 is 2.50 bits per heavy atom. The first-order chi connectivity index (χ1) is 17.5. The van der Waals surface area contributed by atoms with Crippen molar-refractivity contribution in [2.75, 3.05) is 13.1 Å². The molecule has 3 fully saturated rings. The van der Waals surface area contributed by atoms with Gasteiger partial charge in [-0.05, 0) is 43.4 Å². The third-order valence-electron chi connectivity index (χ3n) is 8.21. The van der Waals surface area contributed by atoms with Gasteiger partial charge in [0.15, 0.2) is 0 Å². The number of nitrogens with one attached hydrogen (secondary N) is 1. The number of hydrogen-bond donors (Lipinski definition) is 1. The molecule has 0 bridgehead atoms. The molecule has 0 aromatic heterocycles. The summed E-state index contributed by atoms with van der Waals surface area (Å²) in [6, 6.07) is 13.9. The Bertz CT molecular complexity index is 1200. The van der Waals surface area contributed by atoms with Gasteiger partial charge in [-0.15, -0.1) is 0 Å². The second-order valence-corrected chi connectivity index (χ2v) is 10.8. The van der Waals surface area contributed by atoms with Crippen LogP contribution in [0.25, 0.3) is 0 Å². The van der Waals surface area contributed by atoms with Gasteiger partial charge in [-0.3, -0.25) is 24.6 Å². The molecule has 36 heavy (non-hydrogen) atoms. The number of imide groups is 1. The van der Waals surface area contributed by atoms with Crippen LogP contribution in [-0.2, 0) is 16.1 Å². The number of carbonyl (C=O) groups excluding carboxylic acids is 3. The summed E-state index contributed by atoms with van der Waals surface area (Å²) in [5.74, 6) is 0.227. The lowest BCUT2D eigenvalue weighted by Crippen LogP contribution is -2.57. The van der Waals surface area contributed by atoms with E-state index in [1.165, 1.54) is 16.9 Å². The van der Waals surface area contributed by atoms with Crippen molar-refractivity contribution in [1.29, 1.82) is 0 Å². The third kappa shape index (κ3) is 4.18. The molecule has 2 aromatic rings. The molecule has 7 nitrogen and oxygen atoms in total. The topological polar surface area (TPSA) is 79.0 Å². The van der Waals surface area contributed by atoms with Crippen LogP contribution >= 0.6 is 11.6 Å². The van der Waals surface area contributed by atoms with Crippen LogP contribution in [0.5, 0.6) is 5.75 Å². The molecule has 2 saturated heterocycles. The molecule has 6 rings (SSSR count). The van der Waals surface area contributed by atoms with E-state index in [2.05, 4.69) is 40.5 Å². The lowest BCUT2D eigenvalue weighted by Gasteiger charge is -2.48. The molecule has 3 heterocycles. The summed E-state index contributed by atoms with van der Waals surface area (Å²) < 4.78 is 6.55. The number of benzene rings is 2. The quantitative estimate of drug-likeness (QED) is 0.621. The van der Waals surface area contributed by atoms with E-state index in [1.807, 2.05) is 0 Å². The maximum atomic E-state index is 13.1. The number of fused-ring (bicyclic) bond motifs is 1. The van der Waals surface area contributed by atoms with Gasteiger partial charge in [-0.1, -0.05) is 48.4 Å².